The number of likely N-dealkylation sites (tertiary alicyclic amines) is 1. The molecule has 3 rings (SSSR count). The van der Waals surface area contributed by atoms with E-state index in [1.165, 1.54) is 0 Å². The van der Waals surface area contributed by atoms with Gasteiger partial charge in [0, 0.05) is 6.54 Å². The molecule has 0 radical (unpaired) electrons. The van der Waals surface area contributed by atoms with Crippen LogP contribution < -0.4 is 20.7 Å². The number of benzene rings is 1. The van der Waals surface area contributed by atoms with Gasteiger partial charge < -0.3 is 25.4 Å². The second-order valence-corrected chi connectivity index (χ2v) is 10.2. The fourth-order valence-electron chi connectivity index (χ4n) is 4.63. The number of nitrogens with one attached hydrogen (secondary N) is 3. The normalized spacial score (nSPS) is 21.3. The molecular weight excluding hydrogens is 488 g/mol. The van der Waals surface area contributed by atoms with Gasteiger partial charge in [-0.25, -0.2) is 0 Å². The van der Waals surface area contributed by atoms with Crippen LogP contribution in [0, 0.1) is 11.3 Å². The van der Waals surface area contributed by atoms with Gasteiger partial charge in [0.05, 0.1) is 30.2 Å². The lowest BCUT2D eigenvalue weighted by atomic mass is 9.74. The average molecular weight is 529 g/mol. The summed E-state index contributed by atoms with van der Waals surface area (Å²) in [4.78, 5) is 52.2. The fourth-order valence-corrected chi connectivity index (χ4v) is 4.63. The molecular formula is C28H40N4O6. The number of carbonyl (C=O) groups is 4. The van der Waals surface area contributed by atoms with Crippen molar-refractivity contribution >= 4 is 23.7 Å². The van der Waals surface area contributed by atoms with Gasteiger partial charge in [-0.05, 0) is 57.3 Å². The van der Waals surface area contributed by atoms with Gasteiger partial charge >= 0.3 is 5.97 Å². The molecule has 0 aromatic heterocycles. The zero-order chi connectivity index (χ0) is 27.5. The number of para-hydroxylation sites is 1. The van der Waals surface area contributed by atoms with Crippen molar-refractivity contribution in [1.29, 1.82) is 0 Å². The zero-order valence-corrected chi connectivity index (χ0v) is 22.6. The molecule has 0 unspecified atom stereocenters. The van der Waals surface area contributed by atoms with Gasteiger partial charge in [-0.2, -0.15) is 0 Å². The van der Waals surface area contributed by atoms with E-state index in [0.717, 1.165) is 0 Å². The summed E-state index contributed by atoms with van der Waals surface area (Å²) >= 11 is 0. The van der Waals surface area contributed by atoms with Crippen molar-refractivity contribution in [3.63, 3.8) is 0 Å². The van der Waals surface area contributed by atoms with Gasteiger partial charge in [0.25, 0.3) is 5.91 Å². The molecule has 0 saturated carbocycles. The maximum absolute atomic E-state index is 13.7. The number of hydrogen-bond donors (Lipinski definition) is 3. The van der Waals surface area contributed by atoms with Gasteiger partial charge in [0.2, 0.25) is 11.8 Å². The van der Waals surface area contributed by atoms with Gasteiger partial charge in [-0.15, -0.1) is 0 Å². The van der Waals surface area contributed by atoms with Crippen LogP contribution in [0.1, 0.15) is 50.4 Å². The van der Waals surface area contributed by atoms with E-state index in [0.29, 0.717) is 50.2 Å². The molecule has 2 heterocycles. The summed E-state index contributed by atoms with van der Waals surface area (Å²) in [5.41, 5.74) is -0.171. The van der Waals surface area contributed by atoms with Crippen LogP contribution >= 0.6 is 0 Å². The molecule has 10 heteroatoms. The number of nitrogens with zero attached hydrogens (tertiary/aromatic N) is 1. The Labute approximate surface area is 224 Å². The molecule has 0 bridgehead atoms. The highest BCUT2D eigenvalue weighted by atomic mass is 16.5. The van der Waals surface area contributed by atoms with Crippen molar-refractivity contribution in [3.05, 3.63) is 42.0 Å². The first-order valence-electron chi connectivity index (χ1n) is 13.3. The minimum Gasteiger partial charge on any atom is -0.491 e. The smallest absolute Gasteiger partial charge is 0.325 e. The summed E-state index contributed by atoms with van der Waals surface area (Å²) in [5.74, 6) is -0.358. The number of amides is 3. The summed E-state index contributed by atoms with van der Waals surface area (Å²) in [6.45, 7) is 7.76. The Kier molecular flexibility index (Phi) is 10.7. The van der Waals surface area contributed by atoms with Crippen LogP contribution in [0.3, 0.4) is 0 Å². The number of allylic oxidation sites excluding steroid dienone is 1. The molecule has 3 N–H and O–H groups in total. The first kappa shape index (κ1) is 29.2. The SMILES string of the molecule is CCOC(=O)CNC(=O)CN1CCC2(C/C=C/CNC(=O)c3ccccc3OC[C@@H](C(C)C)NC2=O)CC1. The van der Waals surface area contributed by atoms with Gasteiger partial charge in [-0.3, -0.25) is 24.1 Å². The summed E-state index contributed by atoms with van der Waals surface area (Å²) in [7, 11) is 0. The topological polar surface area (TPSA) is 126 Å². The van der Waals surface area contributed by atoms with E-state index in [-0.39, 0.29) is 56.0 Å². The van der Waals surface area contributed by atoms with Crippen LogP contribution in [-0.4, -0.2) is 80.6 Å². The zero-order valence-electron chi connectivity index (χ0n) is 22.6. The van der Waals surface area contributed by atoms with Gasteiger partial charge in [-0.1, -0.05) is 38.1 Å². The van der Waals surface area contributed by atoms with Gasteiger partial charge in [0.1, 0.15) is 18.9 Å². The van der Waals surface area contributed by atoms with E-state index >= 15 is 0 Å². The summed E-state index contributed by atoms with van der Waals surface area (Å²) in [6.07, 6.45) is 5.52. The van der Waals surface area contributed by atoms with E-state index in [9.17, 15) is 19.2 Å². The van der Waals surface area contributed by atoms with E-state index in [4.69, 9.17) is 9.47 Å². The predicted molar refractivity (Wildman–Crippen MR) is 143 cm³/mol. The Bertz CT molecular complexity index is 1020. The second kappa shape index (κ2) is 13.9. The Morgan fingerprint density at radius 3 is 2.63 bits per heavy atom. The van der Waals surface area contributed by atoms with Crippen LogP contribution in [0.2, 0.25) is 0 Å². The van der Waals surface area contributed by atoms with Crippen molar-refractivity contribution in [2.75, 3.05) is 45.9 Å². The predicted octanol–water partition coefficient (Wildman–Crippen LogP) is 1.66. The standard InChI is InChI=1S/C28H40N4O6/c1-4-37-25(34)17-30-24(33)18-32-15-12-28(13-16-32)11-7-8-14-29-26(35)21-9-5-6-10-23(21)38-19-22(20(2)3)31-27(28)36/h5-10,20,22H,4,11-19H2,1-3H3,(H,29,35)(H,30,33)(H,31,36)/b8-7+/t22-/m0/s1. The largest absolute Gasteiger partial charge is 0.491 e. The van der Waals surface area contributed by atoms with Crippen molar-refractivity contribution in [2.45, 2.75) is 46.1 Å². The lowest BCUT2D eigenvalue weighted by Crippen LogP contribution is -2.54. The van der Waals surface area contributed by atoms with Crippen LogP contribution in [0.15, 0.2) is 36.4 Å². The maximum Gasteiger partial charge on any atom is 0.325 e. The number of esters is 1. The van der Waals surface area contributed by atoms with E-state index in [1.807, 2.05) is 37.0 Å². The molecule has 10 nitrogen and oxygen atoms in total. The molecule has 1 atom stereocenters. The first-order valence-corrected chi connectivity index (χ1v) is 13.3. The van der Waals surface area contributed by atoms with E-state index in [1.54, 1.807) is 25.1 Å². The first-order chi connectivity index (χ1) is 18.2. The van der Waals surface area contributed by atoms with Crippen molar-refractivity contribution in [2.24, 2.45) is 11.3 Å². The lowest BCUT2D eigenvalue weighted by Gasteiger charge is -2.41. The lowest BCUT2D eigenvalue weighted by molar-refractivity contribution is -0.143. The van der Waals surface area contributed by atoms with Crippen LogP contribution in [0.25, 0.3) is 0 Å². The Morgan fingerprint density at radius 1 is 1.18 bits per heavy atom. The molecule has 3 amide bonds. The highest BCUT2D eigenvalue weighted by Crippen LogP contribution is 2.36. The quantitative estimate of drug-likeness (QED) is 0.379. The molecule has 38 heavy (non-hydrogen) atoms. The highest BCUT2D eigenvalue weighted by molar-refractivity contribution is 5.97. The number of ether oxygens (including phenoxy) is 2. The molecule has 0 aliphatic carbocycles. The van der Waals surface area contributed by atoms with Gasteiger partial charge in [0.15, 0.2) is 0 Å². The van der Waals surface area contributed by atoms with Crippen molar-refractivity contribution in [1.82, 2.24) is 20.9 Å². The Balaban J connectivity index is 1.68. The molecule has 1 saturated heterocycles. The number of rotatable bonds is 6. The third kappa shape index (κ3) is 8.05. The number of hydrogen-bond acceptors (Lipinski definition) is 7. The average Bonchev–Trinajstić information content (AvgIpc) is 2.90. The number of piperidine rings is 1. The molecule has 1 fully saturated rings. The molecule has 1 aromatic carbocycles. The summed E-state index contributed by atoms with van der Waals surface area (Å²) < 4.78 is 10.9. The van der Waals surface area contributed by atoms with Crippen LogP contribution in [0.4, 0.5) is 0 Å². The highest BCUT2D eigenvalue weighted by Gasteiger charge is 2.41. The van der Waals surface area contributed by atoms with Crippen LogP contribution in [-0.2, 0) is 19.1 Å². The molecule has 1 aromatic rings. The number of fused-ring (bicyclic) bond motifs is 1. The minimum atomic E-state index is -0.631. The molecule has 2 aliphatic heterocycles. The fraction of sp³-hybridized carbons (Fsp3) is 0.571. The van der Waals surface area contributed by atoms with E-state index in [2.05, 4.69) is 16.0 Å². The van der Waals surface area contributed by atoms with Crippen molar-refractivity contribution < 1.29 is 28.7 Å². The third-order valence-electron chi connectivity index (χ3n) is 7.12. The third-order valence-corrected chi connectivity index (χ3v) is 7.12. The number of carbonyl (C=O) groups excluding carboxylic acids is 4. The molecule has 208 valence electrons. The Morgan fingerprint density at radius 2 is 1.92 bits per heavy atom. The van der Waals surface area contributed by atoms with E-state index < -0.39 is 11.4 Å². The van der Waals surface area contributed by atoms with Crippen LogP contribution in [0.5, 0.6) is 5.75 Å². The molecule has 2 aliphatic rings. The summed E-state index contributed by atoms with van der Waals surface area (Å²) in [5, 5.41) is 8.71. The summed E-state index contributed by atoms with van der Waals surface area (Å²) in [6, 6.07) is 6.86. The minimum absolute atomic E-state index is 0.0229. The second-order valence-electron chi connectivity index (χ2n) is 10.2. The Hall–Kier alpha value is -3.40. The maximum atomic E-state index is 13.7. The molecule has 1 spiro atoms. The van der Waals surface area contributed by atoms with Crippen molar-refractivity contribution in [3.8, 4) is 5.75 Å². The monoisotopic (exact) mass is 528 g/mol.